The molecule has 0 bridgehead atoms. The van der Waals surface area contributed by atoms with E-state index in [-0.39, 0.29) is 12.6 Å². The lowest BCUT2D eigenvalue weighted by Crippen LogP contribution is -2.15. The Labute approximate surface area is 102 Å². The van der Waals surface area contributed by atoms with Crippen LogP contribution in [0.3, 0.4) is 0 Å². The summed E-state index contributed by atoms with van der Waals surface area (Å²) in [7, 11) is 0. The minimum atomic E-state index is -0.353. The molecule has 0 aliphatic heterocycles. The van der Waals surface area contributed by atoms with Gasteiger partial charge in [-0.25, -0.2) is 4.79 Å². The van der Waals surface area contributed by atoms with E-state index in [9.17, 15) is 4.79 Å². The summed E-state index contributed by atoms with van der Waals surface area (Å²) in [5.41, 5.74) is 1.09. The average molecular weight is 234 g/mol. The summed E-state index contributed by atoms with van der Waals surface area (Å²) in [5, 5.41) is 0. The maximum atomic E-state index is 11.3. The Balaban J connectivity index is 2.41. The van der Waals surface area contributed by atoms with E-state index in [0.29, 0.717) is 6.61 Å². The van der Waals surface area contributed by atoms with Crippen LogP contribution in [0.1, 0.15) is 19.4 Å². The molecule has 0 spiro atoms. The smallest absolute Gasteiger partial charge is 0.344 e. The quantitative estimate of drug-likeness (QED) is 0.561. The van der Waals surface area contributed by atoms with Crippen LogP contribution in [0.25, 0.3) is 0 Å². The van der Waals surface area contributed by atoms with E-state index in [1.807, 2.05) is 44.2 Å². The zero-order valence-corrected chi connectivity index (χ0v) is 10.3. The summed E-state index contributed by atoms with van der Waals surface area (Å²) in [6, 6.07) is 7.69. The number of benzene rings is 1. The lowest BCUT2D eigenvalue weighted by Gasteiger charge is -2.09. The highest BCUT2D eigenvalue weighted by atomic mass is 16.6. The molecule has 3 nitrogen and oxygen atoms in total. The zero-order valence-electron chi connectivity index (χ0n) is 10.3. The van der Waals surface area contributed by atoms with Crippen molar-refractivity contribution in [2.75, 3.05) is 13.2 Å². The molecule has 0 aliphatic carbocycles. The molecule has 92 valence electrons. The van der Waals surface area contributed by atoms with Crippen LogP contribution in [-0.2, 0) is 16.0 Å². The van der Waals surface area contributed by atoms with E-state index >= 15 is 0 Å². The van der Waals surface area contributed by atoms with Gasteiger partial charge >= 0.3 is 5.97 Å². The second kappa shape index (κ2) is 7.49. The molecule has 0 heterocycles. The van der Waals surface area contributed by atoms with Crippen LogP contribution in [0.2, 0.25) is 0 Å². The summed E-state index contributed by atoms with van der Waals surface area (Å²) in [5.74, 6) is 0.395. The highest BCUT2D eigenvalue weighted by molar-refractivity contribution is 5.71. The van der Waals surface area contributed by atoms with Gasteiger partial charge in [-0.3, -0.25) is 0 Å². The molecule has 0 saturated carbocycles. The van der Waals surface area contributed by atoms with E-state index in [0.717, 1.165) is 17.7 Å². The highest BCUT2D eigenvalue weighted by Gasteiger charge is 2.05. The number of aryl methyl sites for hydroxylation is 1. The maximum Gasteiger partial charge on any atom is 0.344 e. The molecule has 1 aromatic rings. The van der Waals surface area contributed by atoms with Gasteiger partial charge in [0, 0.05) is 0 Å². The number of hydrogen-bond acceptors (Lipinski definition) is 3. The summed E-state index contributed by atoms with van der Waals surface area (Å²) < 4.78 is 10.3. The number of carbonyl (C=O) groups is 1. The van der Waals surface area contributed by atoms with Gasteiger partial charge in [-0.2, -0.15) is 0 Å². The van der Waals surface area contributed by atoms with Crippen molar-refractivity contribution in [2.45, 2.75) is 20.3 Å². The van der Waals surface area contributed by atoms with Gasteiger partial charge in [0.2, 0.25) is 0 Å². The SMILES string of the molecule is C/C=C/COC(=O)COc1ccccc1CC. The Morgan fingerprint density at radius 2 is 2.12 bits per heavy atom. The van der Waals surface area contributed by atoms with Gasteiger partial charge in [0.25, 0.3) is 0 Å². The average Bonchev–Trinajstić information content (AvgIpc) is 2.37. The Bertz CT molecular complexity index is 383. The zero-order chi connectivity index (χ0) is 12.5. The van der Waals surface area contributed by atoms with Gasteiger partial charge in [0.05, 0.1) is 0 Å². The minimum absolute atomic E-state index is 0.0471. The third-order valence-electron chi connectivity index (χ3n) is 2.28. The lowest BCUT2D eigenvalue weighted by atomic mass is 10.1. The highest BCUT2D eigenvalue weighted by Crippen LogP contribution is 2.17. The third-order valence-corrected chi connectivity index (χ3v) is 2.28. The first-order valence-corrected chi connectivity index (χ1v) is 5.75. The molecule has 1 rings (SSSR count). The lowest BCUT2D eigenvalue weighted by molar-refractivity contribution is -0.144. The first-order valence-electron chi connectivity index (χ1n) is 5.75. The number of hydrogen-bond donors (Lipinski definition) is 0. The largest absolute Gasteiger partial charge is 0.482 e. The fourth-order valence-electron chi connectivity index (χ4n) is 1.35. The molecule has 0 radical (unpaired) electrons. The molecule has 0 aliphatic rings. The van der Waals surface area contributed by atoms with Gasteiger partial charge in [-0.15, -0.1) is 0 Å². The maximum absolute atomic E-state index is 11.3. The predicted octanol–water partition coefficient (Wildman–Crippen LogP) is 2.75. The monoisotopic (exact) mass is 234 g/mol. The fraction of sp³-hybridized carbons (Fsp3) is 0.357. The van der Waals surface area contributed by atoms with Crippen LogP contribution >= 0.6 is 0 Å². The first-order chi connectivity index (χ1) is 8.27. The molecular weight excluding hydrogens is 216 g/mol. The normalized spacial score (nSPS) is 10.5. The van der Waals surface area contributed by atoms with E-state index < -0.39 is 0 Å². The van der Waals surface area contributed by atoms with Crippen molar-refractivity contribution in [1.29, 1.82) is 0 Å². The second-order valence-corrected chi connectivity index (χ2v) is 3.50. The fourth-order valence-corrected chi connectivity index (χ4v) is 1.35. The van der Waals surface area contributed by atoms with E-state index in [1.165, 1.54) is 0 Å². The molecular formula is C14H18O3. The van der Waals surface area contributed by atoms with Crippen LogP contribution in [0, 0.1) is 0 Å². The number of ether oxygens (including phenoxy) is 2. The van der Waals surface area contributed by atoms with Crippen molar-refractivity contribution in [3.8, 4) is 5.75 Å². The van der Waals surface area contributed by atoms with Gasteiger partial charge in [-0.05, 0) is 25.0 Å². The molecule has 0 unspecified atom stereocenters. The van der Waals surface area contributed by atoms with Crippen molar-refractivity contribution < 1.29 is 14.3 Å². The number of carbonyl (C=O) groups excluding carboxylic acids is 1. The van der Waals surface area contributed by atoms with Gasteiger partial charge in [-0.1, -0.05) is 37.3 Å². The predicted molar refractivity (Wildman–Crippen MR) is 67.1 cm³/mol. The minimum Gasteiger partial charge on any atom is -0.482 e. The number of para-hydroxylation sites is 1. The molecule has 3 heteroatoms. The van der Waals surface area contributed by atoms with Crippen molar-refractivity contribution in [1.82, 2.24) is 0 Å². The molecule has 17 heavy (non-hydrogen) atoms. The molecule has 0 saturated heterocycles. The van der Waals surface area contributed by atoms with E-state index in [1.54, 1.807) is 6.08 Å². The van der Waals surface area contributed by atoms with Crippen molar-refractivity contribution >= 4 is 5.97 Å². The first kappa shape index (κ1) is 13.3. The second-order valence-electron chi connectivity index (χ2n) is 3.50. The number of rotatable bonds is 6. The third kappa shape index (κ3) is 4.72. The summed E-state index contributed by atoms with van der Waals surface area (Å²) >= 11 is 0. The summed E-state index contributed by atoms with van der Waals surface area (Å²) in [6.45, 7) is 4.18. The Morgan fingerprint density at radius 3 is 2.82 bits per heavy atom. The molecule has 0 N–H and O–H groups in total. The van der Waals surface area contributed by atoms with Crippen molar-refractivity contribution in [3.63, 3.8) is 0 Å². The molecule has 0 atom stereocenters. The van der Waals surface area contributed by atoms with Crippen LogP contribution in [0.5, 0.6) is 5.75 Å². The van der Waals surface area contributed by atoms with E-state index in [2.05, 4.69) is 0 Å². The molecule has 0 aromatic heterocycles. The molecule has 0 amide bonds. The Kier molecular flexibility index (Phi) is 5.86. The van der Waals surface area contributed by atoms with Crippen LogP contribution < -0.4 is 4.74 Å². The summed E-state index contributed by atoms with van der Waals surface area (Å²) in [4.78, 5) is 11.3. The van der Waals surface area contributed by atoms with Crippen molar-refractivity contribution in [3.05, 3.63) is 42.0 Å². The van der Waals surface area contributed by atoms with Crippen LogP contribution in [-0.4, -0.2) is 19.2 Å². The molecule has 0 fully saturated rings. The van der Waals surface area contributed by atoms with Gasteiger partial charge in [0.1, 0.15) is 12.4 Å². The van der Waals surface area contributed by atoms with Crippen LogP contribution in [0.15, 0.2) is 36.4 Å². The van der Waals surface area contributed by atoms with Gasteiger partial charge < -0.3 is 9.47 Å². The number of esters is 1. The van der Waals surface area contributed by atoms with Gasteiger partial charge in [0.15, 0.2) is 6.61 Å². The van der Waals surface area contributed by atoms with Crippen molar-refractivity contribution in [2.24, 2.45) is 0 Å². The standard InChI is InChI=1S/C14H18O3/c1-3-5-10-16-14(15)11-17-13-9-7-6-8-12(13)4-2/h3,5-9H,4,10-11H2,1-2H3/b5-3+. The molecule has 1 aromatic carbocycles. The van der Waals surface area contributed by atoms with Crippen LogP contribution in [0.4, 0.5) is 0 Å². The Hall–Kier alpha value is -1.77. The number of allylic oxidation sites excluding steroid dienone is 1. The summed E-state index contributed by atoms with van der Waals surface area (Å²) in [6.07, 6.45) is 4.49. The van der Waals surface area contributed by atoms with E-state index in [4.69, 9.17) is 9.47 Å². The topological polar surface area (TPSA) is 35.5 Å². The Morgan fingerprint density at radius 1 is 1.35 bits per heavy atom.